The third-order valence-electron chi connectivity index (χ3n) is 4.95. The Morgan fingerprint density at radius 2 is 1.90 bits per heavy atom. The van der Waals surface area contributed by atoms with Crippen LogP contribution >= 0.6 is 0 Å². The van der Waals surface area contributed by atoms with Gasteiger partial charge < -0.3 is 10.0 Å². The van der Waals surface area contributed by atoms with Crippen LogP contribution in [0.2, 0.25) is 0 Å². The van der Waals surface area contributed by atoms with E-state index in [1.54, 1.807) is 12.1 Å². The smallest absolute Gasteiger partial charge is 0.123 e. The van der Waals surface area contributed by atoms with Gasteiger partial charge in [0.2, 0.25) is 0 Å². The second-order valence-corrected chi connectivity index (χ2v) is 6.35. The van der Waals surface area contributed by atoms with Crippen LogP contribution in [-0.2, 0) is 6.42 Å². The van der Waals surface area contributed by atoms with Gasteiger partial charge in [0.05, 0.1) is 6.10 Å². The van der Waals surface area contributed by atoms with E-state index >= 15 is 0 Å². The summed E-state index contributed by atoms with van der Waals surface area (Å²) in [6, 6.07) is 4.84. The summed E-state index contributed by atoms with van der Waals surface area (Å²) in [5, 5.41) is 10.8. The van der Waals surface area contributed by atoms with Crippen LogP contribution in [0.4, 0.5) is 4.39 Å². The SMILES string of the molecule is Cc1cc(F)ccc1CC(O)C1(N(C)C)CCCCC1. The lowest BCUT2D eigenvalue weighted by Crippen LogP contribution is -2.55. The minimum atomic E-state index is -0.401. The highest BCUT2D eigenvalue weighted by Crippen LogP contribution is 2.36. The largest absolute Gasteiger partial charge is 0.391 e. The predicted octanol–water partition coefficient (Wildman–Crippen LogP) is 3.30. The molecule has 1 N–H and O–H groups in total. The van der Waals surface area contributed by atoms with Crippen molar-refractivity contribution in [2.45, 2.75) is 57.1 Å². The molecule has 0 heterocycles. The van der Waals surface area contributed by atoms with E-state index in [9.17, 15) is 9.50 Å². The molecule has 0 amide bonds. The predicted molar refractivity (Wildman–Crippen MR) is 80.4 cm³/mol. The lowest BCUT2D eigenvalue weighted by atomic mass is 9.74. The van der Waals surface area contributed by atoms with Crippen LogP contribution in [-0.4, -0.2) is 35.7 Å². The lowest BCUT2D eigenvalue weighted by Gasteiger charge is -2.46. The molecule has 2 rings (SSSR count). The van der Waals surface area contributed by atoms with Crippen LogP contribution in [0.5, 0.6) is 0 Å². The molecule has 1 aromatic rings. The number of aliphatic hydroxyl groups excluding tert-OH is 1. The summed E-state index contributed by atoms with van der Waals surface area (Å²) in [5.41, 5.74) is 1.85. The van der Waals surface area contributed by atoms with Crippen molar-refractivity contribution < 1.29 is 9.50 Å². The van der Waals surface area contributed by atoms with Gasteiger partial charge in [-0.25, -0.2) is 4.39 Å². The second-order valence-electron chi connectivity index (χ2n) is 6.35. The van der Waals surface area contributed by atoms with Crippen LogP contribution in [0.15, 0.2) is 18.2 Å². The van der Waals surface area contributed by atoms with Crippen molar-refractivity contribution in [3.05, 3.63) is 35.1 Å². The van der Waals surface area contributed by atoms with E-state index in [1.807, 2.05) is 6.92 Å². The molecule has 0 aromatic heterocycles. The number of benzene rings is 1. The van der Waals surface area contributed by atoms with Crippen molar-refractivity contribution in [3.63, 3.8) is 0 Å². The Morgan fingerprint density at radius 1 is 1.25 bits per heavy atom. The van der Waals surface area contributed by atoms with Crippen molar-refractivity contribution in [1.29, 1.82) is 0 Å². The molecule has 112 valence electrons. The molecule has 0 radical (unpaired) electrons. The van der Waals surface area contributed by atoms with E-state index < -0.39 is 6.10 Å². The third-order valence-corrected chi connectivity index (χ3v) is 4.95. The molecule has 1 aliphatic carbocycles. The molecule has 1 saturated carbocycles. The van der Waals surface area contributed by atoms with Gasteiger partial charge in [-0.3, -0.25) is 0 Å². The van der Waals surface area contributed by atoms with E-state index in [0.717, 1.165) is 24.0 Å². The van der Waals surface area contributed by atoms with Crippen LogP contribution < -0.4 is 0 Å². The van der Waals surface area contributed by atoms with Crippen molar-refractivity contribution in [2.75, 3.05) is 14.1 Å². The van der Waals surface area contributed by atoms with Crippen LogP contribution in [0.1, 0.15) is 43.2 Å². The first-order valence-corrected chi connectivity index (χ1v) is 7.56. The third kappa shape index (κ3) is 3.04. The van der Waals surface area contributed by atoms with Gasteiger partial charge in [0, 0.05) is 12.0 Å². The zero-order valence-corrected chi connectivity index (χ0v) is 12.8. The number of nitrogens with zero attached hydrogens (tertiary/aromatic N) is 1. The Balaban J connectivity index is 2.18. The van der Waals surface area contributed by atoms with Crippen molar-refractivity contribution in [2.24, 2.45) is 0 Å². The van der Waals surface area contributed by atoms with Gasteiger partial charge in [-0.1, -0.05) is 25.3 Å². The first kappa shape index (κ1) is 15.5. The first-order valence-electron chi connectivity index (χ1n) is 7.56. The minimum Gasteiger partial charge on any atom is -0.391 e. The zero-order chi connectivity index (χ0) is 14.8. The highest BCUT2D eigenvalue weighted by molar-refractivity contribution is 5.27. The molecule has 1 atom stereocenters. The van der Waals surface area contributed by atoms with Gasteiger partial charge in [0.1, 0.15) is 5.82 Å². The molecule has 2 nitrogen and oxygen atoms in total. The number of likely N-dealkylation sites (N-methyl/N-ethyl adjacent to an activating group) is 1. The van der Waals surface area contributed by atoms with Gasteiger partial charge in [0.25, 0.3) is 0 Å². The van der Waals surface area contributed by atoms with Gasteiger partial charge in [-0.05, 0) is 57.1 Å². The maximum atomic E-state index is 13.2. The minimum absolute atomic E-state index is 0.126. The monoisotopic (exact) mass is 279 g/mol. The summed E-state index contributed by atoms with van der Waals surface area (Å²) in [5.74, 6) is -0.208. The summed E-state index contributed by atoms with van der Waals surface area (Å²) < 4.78 is 13.2. The molecule has 1 fully saturated rings. The second kappa shape index (κ2) is 6.23. The average Bonchev–Trinajstić information content (AvgIpc) is 2.42. The molecule has 20 heavy (non-hydrogen) atoms. The fourth-order valence-corrected chi connectivity index (χ4v) is 3.53. The fourth-order valence-electron chi connectivity index (χ4n) is 3.53. The van der Waals surface area contributed by atoms with Crippen LogP contribution in [0.25, 0.3) is 0 Å². The average molecular weight is 279 g/mol. The fraction of sp³-hybridized carbons (Fsp3) is 0.647. The Kier molecular flexibility index (Phi) is 4.82. The van der Waals surface area contributed by atoms with Gasteiger partial charge in [0.15, 0.2) is 0 Å². The Hall–Kier alpha value is -0.930. The zero-order valence-electron chi connectivity index (χ0n) is 12.8. The molecule has 1 aromatic carbocycles. The standard InChI is InChI=1S/C17H26FNO/c1-13-11-15(18)8-7-14(13)12-16(20)17(19(2)3)9-5-4-6-10-17/h7-8,11,16,20H,4-6,9-10,12H2,1-3H3. The molecule has 1 unspecified atom stereocenters. The van der Waals surface area contributed by atoms with E-state index in [-0.39, 0.29) is 11.4 Å². The summed E-state index contributed by atoms with van der Waals surface area (Å²) in [4.78, 5) is 2.19. The first-order chi connectivity index (χ1) is 9.45. The molecule has 0 spiro atoms. The normalized spacial score (nSPS) is 20.1. The summed E-state index contributed by atoms with van der Waals surface area (Å²) in [7, 11) is 4.12. The maximum Gasteiger partial charge on any atom is 0.123 e. The number of aliphatic hydroxyl groups is 1. The van der Waals surface area contributed by atoms with Gasteiger partial charge in [-0.15, -0.1) is 0 Å². The number of aryl methyl sites for hydroxylation is 1. The van der Waals surface area contributed by atoms with E-state index in [2.05, 4.69) is 19.0 Å². The van der Waals surface area contributed by atoms with E-state index in [0.29, 0.717) is 6.42 Å². The van der Waals surface area contributed by atoms with E-state index in [4.69, 9.17) is 0 Å². The molecule has 0 saturated heterocycles. The Morgan fingerprint density at radius 3 is 2.45 bits per heavy atom. The number of hydrogen-bond acceptors (Lipinski definition) is 2. The number of halogens is 1. The highest BCUT2D eigenvalue weighted by atomic mass is 19.1. The molecule has 0 bridgehead atoms. The molecule has 1 aliphatic rings. The number of hydrogen-bond donors (Lipinski definition) is 1. The number of rotatable bonds is 4. The molecule has 0 aliphatic heterocycles. The van der Waals surface area contributed by atoms with Gasteiger partial charge in [-0.2, -0.15) is 0 Å². The Labute approximate surface area is 121 Å². The van der Waals surface area contributed by atoms with Crippen molar-refractivity contribution in [3.8, 4) is 0 Å². The van der Waals surface area contributed by atoms with E-state index in [1.165, 1.54) is 25.3 Å². The Bertz CT molecular complexity index is 452. The van der Waals surface area contributed by atoms with Crippen molar-refractivity contribution in [1.82, 2.24) is 4.90 Å². The highest BCUT2D eigenvalue weighted by Gasteiger charge is 2.40. The summed E-state index contributed by atoms with van der Waals surface area (Å²) in [6.45, 7) is 1.91. The summed E-state index contributed by atoms with van der Waals surface area (Å²) >= 11 is 0. The molecular formula is C17H26FNO. The van der Waals surface area contributed by atoms with Crippen LogP contribution in [0, 0.1) is 12.7 Å². The van der Waals surface area contributed by atoms with Gasteiger partial charge >= 0.3 is 0 Å². The van der Waals surface area contributed by atoms with Crippen LogP contribution in [0.3, 0.4) is 0 Å². The molecule has 3 heteroatoms. The summed E-state index contributed by atoms with van der Waals surface area (Å²) in [6.07, 6.45) is 5.90. The lowest BCUT2D eigenvalue weighted by molar-refractivity contribution is -0.0311. The molecular weight excluding hydrogens is 253 g/mol. The quantitative estimate of drug-likeness (QED) is 0.914. The maximum absolute atomic E-state index is 13.2. The topological polar surface area (TPSA) is 23.5 Å². The van der Waals surface area contributed by atoms with Crippen molar-refractivity contribution >= 4 is 0 Å².